The minimum absolute atomic E-state index is 0.641. The summed E-state index contributed by atoms with van der Waals surface area (Å²) in [6.45, 7) is 0. The number of furan rings is 1. The molecule has 0 N–H and O–H groups in total. The number of hydrogen-bond donors (Lipinski definition) is 0. The highest BCUT2D eigenvalue weighted by atomic mass is 16.3. The molecule has 0 radical (unpaired) electrons. The fourth-order valence-electron chi connectivity index (χ4n) is 6.29. The number of rotatable bonds is 5. The molecule has 216 valence electrons. The third kappa shape index (κ3) is 4.45. The summed E-state index contributed by atoms with van der Waals surface area (Å²) in [5.74, 6) is 1.35. The lowest BCUT2D eigenvalue weighted by Crippen LogP contribution is -1.96. The van der Waals surface area contributed by atoms with Crippen molar-refractivity contribution in [3.8, 4) is 50.9 Å². The van der Waals surface area contributed by atoms with Crippen molar-refractivity contribution in [3.63, 3.8) is 0 Å². The van der Waals surface area contributed by atoms with Crippen LogP contribution in [0, 0.1) is 0 Å². The maximum atomic E-state index is 6.29. The number of fused-ring (bicyclic) bond motifs is 4. The lowest BCUT2D eigenvalue weighted by Gasteiger charge is -2.10. The minimum Gasteiger partial charge on any atom is -0.454 e. The van der Waals surface area contributed by atoms with E-state index in [0.717, 1.165) is 66.7 Å². The summed E-state index contributed by atoms with van der Waals surface area (Å²) in [5.41, 5.74) is 9.92. The van der Waals surface area contributed by atoms with Gasteiger partial charge in [-0.3, -0.25) is 4.98 Å². The molecular formula is C41H26N4O. The van der Waals surface area contributed by atoms with Gasteiger partial charge in [0, 0.05) is 45.4 Å². The predicted molar refractivity (Wildman–Crippen MR) is 186 cm³/mol. The Morgan fingerprint density at radius 2 is 1.24 bits per heavy atom. The van der Waals surface area contributed by atoms with Crippen LogP contribution in [0.4, 0.5) is 0 Å². The number of pyridine rings is 1. The van der Waals surface area contributed by atoms with Gasteiger partial charge in [-0.2, -0.15) is 0 Å². The summed E-state index contributed by atoms with van der Waals surface area (Å²) in [5, 5.41) is 3.37. The van der Waals surface area contributed by atoms with Crippen LogP contribution in [-0.4, -0.2) is 19.5 Å². The van der Waals surface area contributed by atoms with Crippen molar-refractivity contribution < 1.29 is 4.42 Å². The second-order valence-electron chi connectivity index (χ2n) is 11.3. The highest BCUT2D eigenvalue weighted by Crippen LogP contribution is 2.36. The monoisotopic (exact) mass is 590 g/mol. The Kier molecular flexibility index (Phi) is 6.06. The summed E-state index contributed by atoms with van der Waals surface area (Å²) in [4.78, 5) is 14.5. The largest absolute Gasteiger partial charge is 0.454 e. The van der Waals surface area contributed by atoms with Gasteiger partial charge in [0.05, 0.1) is 16.7 Å². The van der Waals surface area contributed by atoms with Crippen LogP contribution in [0.15, 0.2) is 162 Å². The molecule has 9 aromatic rings. The quantitative estimate of drug-likeness (QED) is 0.200. The van der Waals surface area contributed by atoms with Crippen molar-refractivity contribution in [2.24, 2.45) is 0 Å². The summed E-state index contributed by atoms with van der Waals surface area (Å²) in [7, 11) is 0. The first-order valence-electron chi connectivity index (χ1n) is 15.3. The zero-order chi connectivity index (χ0) is 30.5. The number of aromatic nitrogens is 4. The van der Waals surface area contributed by atoms with Crippen LogP contribution in [0.1, 0.15) is 0 Å². The lowest BCUT2D eigenvalue weighted by molar-refractivity contribution is 0.628. The van der Waals surface area contributed by atoms with Gasteiger partial charge in [0.1, 0.15) is 11.3 Å². The number of benzene rings is 5. The summed E-state index contributed by atoms with van der Waals surface area (Å²) in [6.07, 6.45) is 3.67. The third-order valence-electron chi connectivity index (χ3n) is 8.52. The molecule has 0 fully saturated rings. The van der Waals surface area contributed by atoms with E-state index in [4.69, 9.17) is 14.4 Å². The summed E-state index contributed by atoms with van der Waals surface area (Å²) >= 11 is 0. The van der Waals surface area contributed by atoms with E-state index in [1.807, 2.05) is 48.7 Å². The fourth-order valence-corrected chi connectivity index (χ4v) is 6.29. The van der Waals surface area contributed by atoms with Crippen LogP contribution in [0.2, 0.25) is 0 Å². The molecule has 9 rings (SSSR count). The molecule has 4 heterocycles. The molecule has 4 aromatic heterocycles. The predicted octanol–water partition coefficient (Wildman–Crippen LogP) is 10.4. The third-order valence-corrected chi connectivity index (χ3v) is 8.52. The van der Waals surface area contributed by atoms with E-state index in [9.17, 15) is 0 Å². The average Bonchev–Trinajstić information content (AvgIpc) is 3.72. The lowest BCUT2D eigenvalue weighted by atomic mass is 10.0. The first-order valence-corrected chi connectivity index (χ1v) is 15.3. The summed E-state index contributed by atoms with van der Waals surface area (Å²) < 4.78 is 8.61. The van der Waals surface area contributed by atoms with Crippen molar-refractivity contribution in [1.29, 1.82) is 0 Å². The Hall–Kier alpha value is -6.33. The number of hydrogen-bond acceptors (Lipinski definition) is 4. The molecular weight excluding hydrogens is 564 g/mol. The molecule has 5 nitrogen and oxygen atoms in total. The van der Waals surface area contributed by atoms with Gasteiger partial charge in [0.15, 0.2) is 11.6 Å². The van der Waals surface area contributed by atoms with Crippen molar-refractivity contribution in [3.05, 3.63) is 158 Å². The Bertz CT molecular complexity index is 2480. The normalized spacial score (nSPS) is 11.5. The van der Waals surface area contributed by atoms with Gasteiger partial charge in [-0.25, -0.2) is 9.97 Å². The molecule has 0 aliphatic rings. The van der Waals surface area contributed by atoms with Crippen molar-refractivity contribution in [2.75, 3.05) is 0 Å². The van der Waals surface area contributed by atoms with Crippen molar-refractivity contribution in [1.82, 2.24) is 19.5 Å². The Morgan fingerprint density at radius 3 is 2.09 bits per heavy atom. The molecule has 0 spiro atoms. The first kappa shape index (κ1) is 26.1. The van der Waals surface area contributed by atoms with Crippen molar-refractivity contribution in [2.45, 2.75) is 0 Å². The highest BCUT2D eigenvalue weighted by Gasteiger charge is 2.17. The van der Waals surface area contributed by atoms with Crippen LogP contribution in [0.5, 0.6) is 0 Å². The van der Waals surface area contributed by atoms with Gasteiger partial charge in [-0.05, 0) is 71.8 Å². The fraction of sp³-hybridized carbons (Fsp3) is 0. The highest BCUT2D eigenvalue weighted by molar-refractivity contribution is 6.10. The second-order valence-corrected chi connectivity index (χ2v) is 11.3. The van der Waals surface area contributed by atoms with Crippen LogP contribution >= 0.6 is 0 Å². The van der Waals surface area contributed by atoms with Gasteiger partial charge in [-0.15, -0.1) is 0 Å². The standard InChI is InChI=1S/C41H26N4O/c1-2-11-32(12-3-1)45-37-14-6-5-13-33(37)34-23-30(20-21-38(34)45)41-43-35(28-18-16-27(17-19-28)31-10-8-22-42-26-31)25-36(44-41)40-24-29-9-4-7-15-39(29)46-40/h1-26H. The molecule has 5 aromatic carbocycles. The van der Waals surface area contributed by atoms with Gasteiger partial charge in [-0.1, -0.05) is 84.9 Å². The molecule has 0 unspecified atom stereocenters. The molecule has 0 atom stereocenters. The van der Waals surface area contributed by atoms with E-state index in [2.05, 4.69) is 113 Å². The Morgan fingerprint density at radius 1 is 0.500 bits per heavy atom. The Labute approximate surface area is 265 Å². The smallest absolute Gasteiger partial charge is 0.160 e. The second kappa shape index (κ2) is 10.7. The molecule has 0 bridgehead atoms. The van der Waals surface area contributed by atoms with E-state index in [-0.39, 0.29) is 0 Å². The number of nitrogens with zero attached hydrogens (tertiary/aromatic N) is 4. The zero-order valence-corrected chi connectivity index (χ0v) is 24.7. The van der Waals surface area contributed by atoms with Gasteiger partial charge in [0.25, 0.3) is 0 Å². The van der Waals surface area contributed by atoms with Gasteiger partial charge < -0.3 is 8.98 Å². The average molecular weight is 591 g/mol. The van der Waals surface area contributed by atoms with Crippen LogP contribution in [0.3, 0.4) is 0 Å². The van der Waals surface area contributed by atoms with Crippen LogP contribution in [0.25, 0.3) is 83.7 Å². The minimum atomic E-state index is 0.641. The molecule has 0 aliphatic carbocycles. The molecule has 5 heteroatoms. The van der Waals surface area contributed by atoms with Crippen molar-refractivity contribution >= 4 is 32.8 Å². The van der Waals surface area contributed by atoms with E-state index >= 15 is 0 Å². The Balaban J connectivity index is 1.22. The maximum absolute atomic E-state index is 6.29. The molecule has 46 heavy (non-hydrogen) atoms. The van der Waals surface area contributed by atoms with E-state index in [0.29, 0.717) is 11.6 Å². The van der Waals surface area contributed by atoms with E-state index < -0.39 is 0 Å². The maximum Gasteiger partial charge on any atom is 0.160 e. The van der Waals surface area contributed by atoms with Gasteiger partial charge in [0.2, 0.25) is 0 Å². The summed E-state index contributed by atoms with van der Waals surface area (Å²) in [6, 6.07) is 50.1. The molecule has 0 amide bonds. The zero-order valence-electron chi connectivity index (χ0n) is 24.7. The van der Waals surface area contributed by atoms with Crippen LogP contribution in [-0.2, 0) is 0 Å². The van der Waals surface area contributed by atoms with Crippen LogP contribution < -0.4 is 0 Å². The molecule has 0 saturated heterocycles. The van der Waals surface area contributed by atoms with E-state index in [1.165, 1.54) is 5.39 Å². The van der Waals surface area contributed by atoms with E-state index in [1.54, 1.807) is 6.20 Å². The number of para-hydroxylation sites is 3. The molecule has 0 saturated carbocycles. The molecule has 0 aliphatic heterocycles. The first-order chi connectivity index (χ1) is 22.8. The topological polar surface area (TPSA) is 56.7 Å². The van der Waals surface area contributed by atoms with Gasteiger partial charge >= 0.3 is 0 Å². The SMILES string of the molecule is c1ccc(-n2c3ccccc3c3cc(-c4nc(-c5ccc(-c6cccnc6)cc5)cc(-c5cc6ccccc6o5)n4)ccc32)cc1.